The zero-order valence-electron chi connectivity index (χ0n) is 26.2. The number of rotatable bonds is 11. The van der Waals surface area contributed by atoms with E-state index in [9.17, 15) is 31.5 Å². The summed E-state index contributed by atoms with van der Waals surface area (Å²) in [5.74, 6) is -2.56. The predicted molar refractivity (Wildman–Crippen MR) is 169 cm³/mol. The monoisotopic (exact) mass is 694 g/mol. The zero-order chi connectivity index (χ0) is 34.8. The van der Waals surface area contributed by atoms with Crippen LogP contribution >= 0.6 is 0 Å². The molecule has 0 radical (unpaired) electrons. The van der Waals surface area contributed by atoms with Crippen LogP contribution in [0.25, 0.3) is 16.8 Å². The van der Waals surface area contributed by atoms with Gasteiger partial charge in [0.05, 0.1) is 42.1 Å². The van der Waals surface area contributed by atoms with Crippen molar-refractivity contribution in [2.45, 2.75) is 31.0 Å². The van der Waals surface area contributed by atoms with Gasteiger partial charge in [0, 0.05) is 25.2 Å². The van der Waals surface area contributed by atoms with Crippen LogP contribution in [0.1, 0.15) is 24.3 Å². The van der Waals surface area contributed by atoms with Crippen molar-refractivity contribution in [1.29, 1.82) is 0 Å². The molecule has 48 heavy (non-hydrogen) atoms. The van der Waals surface area contributed by atoms with Crippen LogP contribution < -0.4 is 14.4 Å². The lowest BCUT2D eigenvalue weighted by Crippen LogP contribution is -2.40. The molecule has 0 amide bonds. The second-order valence-electron chi connectivity index (χ2n) is 11.4. The number of hydrogen-bond acceptors (Lipinski definition) is 10. The molecule has 1 aliphatic rings. The van der Waals surface area contributed by atoms with E-state index in [1.807, 2.05) is 4.90 Å². The van der Waals surface area contributed by atoms with Gasteiger partial charge in [-0.25, -0.2) is 27.1 Å². The van der Waals surface area contributed by atoms with E-state index in [0.29, 0.717) is 59.7 Å². The van der Waals surface area contributed by atoms with E-state index in [0.717, 1.165) is 6.26 Å². The Morgan fingerprint density at radius 2 is 1.88 bits per heavy atom. The van der Waals surface area contributed by atoms with Crippen LogP contribution in [0.3, 0.4) is 0 Å². The second-order valence-corrected chi connectivity index (χ2v) is 13.4. The van der Waals surface area contributed by atoms with Gasteiger partial charge in [0.25, 0.3) is 0 Å². The van der Waals surface area contributed by atoms with Crippen LogP contribution in [0.4, 0.5) is 34.9 Å². The molecule has 0 aliphatic carbocycles. The molecule has 0 spiro atoms. The minimum atomic E-state index is -5.13. The van der Waals surface area contributed by atoms with Gasteiger partial charge in [-0.1, -0.05) is 18.2 Å². The standard InChI is InChI=1S/C31H34F4N6O6S/c1-39(48(3,44)45)26-7-5-4-6-22(26)27-9-8-20-16-36-30(38-41(20)27)37-25-15-24(32)23(14-28(25)46-2)19-10-12-40(13-11-19)17-21(42)18-47-29(43)31(33,34)35/h4-9,14-16,19,21,42H,10-13,17-18H2,1-3H3,(H,37,38)/t21-/m1/s1. The first-order valence-corrected chi connectivity index (χ1v) is 16.7. The molecule has 0 saturated carbocycles. The number of likely N-dealkylation sites (tertiary alicyclic amines) is 1. The highest BCUT2D eigenvalue weighted by Gasteiger charge is 2.41. The number of aliphatic hydroxyl groups excluding tert-OH is 1. The van der Waals surface area contributed by atoms with Gasteiger partial charge in [-0.05, 0) is 61.7 Å². The SMILES string of the molecule is COc1cc(C2CCN(C[C@@H](O)COC(=O)C(F)(F)F)CC2)c(F)cc1Nc1ncc2ccc(-c3ccccc3N(C)S(C)(=O)=O)n2n1. The largest absolute Gasteiger partial charge is 0.495 e. The van der Waals surface area contributed by atoms with Gasteiger partial charge in [0.15, 0.2) is 0 Å². The summed E-state index contributed by atoms with van der Waals surface area (Å²) < 4.78 is 89.6. The summed E-state index contributed by atoms with van der Waals surface area (Å²) in [5.41, 5.74) is 3.03. The van der Waals surface area contributed by atoms with Crippen LogP contribution in [0, 0.1) is 5.82 Å². The van der Waals surface area contributed by atoms with Crippen LogP contribution in [0.5, 0.6) is 5.75 Å². The molecule has 0 bridgehead atoms. The highest BCUT2D eigenvalue weighted by Crippen LogP contribution is 2.37. The van der Waals surface area contributed by atoms with E-state index in [1.165, 1.54) is 24.5 Å². The highest BCUT2D eigenvalue weighted by molar-refractivity contribution is 7.92. The number of carbonyl (C=O) groups is 1. The summed E-state index contributed by atoms with van der Waals surface area (Å²) in [6.07, 6.45) is -2.73. The van der Waals surface area contributed by atoms with Crippen molar-refractivity contribution in [3.05, 3.63) is 66.1 Å². The van der Waals surface area contributed by atoms with Gasteiger partial charge < -0.3 is 24.8 Å². The third-order valence-electron chi connectivity index (χ3n) is 8.12. The van der Waals surface area contributed by atoms with E-state index in [4.69, 9.17) is 4.74 Å². The summed E-state index contributed by atoms with van der Waals surface area (Å²) in [5, 5.41) is 17.7. The first-order chi connectivity index (χ1) is 22.7. The highest BCUT2D eigenvalue weighted by atomic mass is 32.2. The third-order valence-corrected chi connectivity index (χ3v) is 9.31. The van der Waals surface area contributed by atoms with Crippen molar-refractivity contribution < 1.29 is 45.4 Å². The number of para-hydroxylation sites is 1. The fourth-order valence-corrected chi connectivity index (χ4v) is 6.12. The molecule has 3 heterocycles. The van der Waals surface area contributed by atoms with E-state index in [2.05, 4.69) is 20.1 Å². The van der Waals surface area contributed by atoms with Crippen molar-refractivity contribution >= 4 is 38.8 Å². The number of piperidine rings is 1. The normalized spacial score (nSPS) is 15.3. The maximum Gasteiger partial charge on any atom is 0.490 e. The van der Waals surface area contributed by atoms with Crippen molar-refractivity contribution in [2.75, 3.05) is 56.3 Å². The number of esters is 1. The molecule has 2 aromatic heterocycles. The topological polar surface area (TPSA) is 139 Å². The first-order valence-electron chi connectivity index (χ1n) is 14.8. The van der Waals surface area contributed by atoms with E-state index >= 15 is 4.39 Å². The fourth-order valence-electron chi connectivity index (χ4n) is 5.61. The molecule has 4 aromatic rings. The van der Waals surface area contributed by atoms with Gasteiger partial charge >= 0.3 is 12.1 Å². The van der Waals surface area contributed by atoms with Crippen molar-refractivity contribution in [3.8, 4) is 17.0 Å². The number of anilines is 3. The smallest absolute Gasteiger partial charge is 0.490 e. The van der Waals surface area contributed by atoms with Crippen LogP contribution in [-0.2, 0) is 19.6 Å². The minimum Gasteiger partial charge on any atom is -0.495 e. The average molecular weight is 695 g/mol. The zero-order valence-corrected chi connectivity index (χ0v) is 27.1. The maximum atomic E-state index is 15.5. The molecule has 0 unspecified atom stereocenters. The lowest BCUT2D eigenvalue weighted by atomic mass is 9.88. The second kappa shape index (κ2) is 13.9. The predicted octanol–water partition coefficient (Wildman–Crippen LogP) is 4.33. The van der Waals surface area contributed by atoms with Gasteiger partial charge in [0.2, 0.25) is 16.0 Å². The Hall–Kier alpha value is -4.48. The molecule has 2 aromatic carbocycles. The number of alkyl halides is 3. The molecule has 17 heteroatoms. The molecule has 1 aliphatic heterocycles. The number of hydrogen-bond donors (Lipinski definition) is 2. The number of halogens is 4. The van der Waals surface area contributed by atoms with Gasteiger partial charge in [-0.2, -0.15) is 13.2 Å². The number of nitrogens with one attached hydrogen (secondary N) is 1. The summed E-state index contributed by atoms with van der Waals surface area (Å²) in [7, 11) is -0.627. The molecule has 1 atom stereocenters. The Kier molecular flexibility index (Phi) is 10.1. The number of fused-ring (bicyclic) bond motifs is 1. The van der Waals surface area contributed by atoms with Crippen LogP contribution in [-0.4, -0.2) is 97.9 Å². The van der Waals surface area contributed by atoms with Gasteiger partial charge in [-0.3, -0.25) is 4.31 Å². The molecule has 5 rings (SSSR count). The van der Waals surface area contributed by atoms with E-state index in [1.54, 1.807) is 53.2 Å². The van der Waals surface area contributed by atoms with Crippen molar-refractivity contribution in [2.24, 2.45) is 0 Å². The number of aliphatic hydroxyl groups is 1. The van der Waals surface area contributed by atoms with Crippen molar-refractivity contribution in [1.82, 2.24) is 19.5 Å². The Morgan fingerprint density at radius 1 is 1.17 bits per heavy atom. The molecule has 1 saturated heterocycles. The number of nitrogens with zero attached hydrogens (tertiary/aromatic N) is 5. The minimum absolute atomic E-state index is 0.0000393. The van der Waals surface area contributed by atoms with Crippen LogP contribution in [0.2, 0.25) is 0 Å². The van der Waals surface area contributed by atoms with Crippen LogP contribution in [0.15, 0.2) is 54.7 Å². The molecular formula is C31H34F4N6O6S. The molecule has 258 valence electrons. The number of benzene rings is 2. The Bertz CT molecular complexity index is 1900. The lowest BCUT2D eigenvalue weighted by Gasteiger charge is -2.33. The number of β-amino-alcohol motifs (C(OH)–C–C–N with tert-alkyl or cyclic N) is 1. The first kappa shape index (κ1) is 34.8. The molecular weight excluding hydrogens is 660 g/mol. The van der Waals surface area contributed by atoms with E-state index in [-0.39, 0.29) is 24.1 Å². The summed E-state index contributed by atoms with van der Waals surface area (Å²) in [6, 6.07) is 13.5. The Labute approximate surface area is 273 Å². The summed E-state index contributed by atoms with van der Waals surface area (Å²) in [4.78, 5) is 17.1. The molecule has 12 nitrogen and oxygen atoms in total. The Balaban J connectivity index is 1.29. The average Bonchev–Trinajstić information content (AvgIpc) is 3.46. The van der Waals surface area contributed by atoms with Gasteiger partial charge in [0.1, 0.15) is 24.3 Å². The third kappa shape index (κ3) is 7.79. The quantitative estimate of drug-likeness (QED) is 0.172. The lowest BCUT2D eigenvalue weighted by molar-refractivity contribution is -0.202. The molecule has 1 fully saturated rings. The number of ether oxygens (including phenoxy) is 2. The van der Waals surface area contributed by atoms with E-state index < -0.39 is 40.7 Å². The fraction of sp³-hybridized carbons (Fsp3) is 0.387. The maximum absolute atomic E-state index is 15.5. The molecule has 2 N–H and O–H groups in total. The van der Waals surface area contributed by atoms with Crippen molar-refractivity contribution in [3.63, 3.8) is 0 Å². The summed E-state index contributed by atoms with van der Waals surface area (Å²) >= 11 is 0. The number of aromatic nitrogens is 3. The summed E-state index contributed by atoms with van der Waals surface area (Å²) in [6.45, 7) is 0.0916. The number of methoxy groups -OCH3 is 1. The van der Waals surface area contributed by atoms with Gasteiger partial charge in [-0.15, -0.1) is 5.10 Å². The Morgan fingerprint density at radius 3 is 2.54 bits per heavy atom. The number of carbonyl (C=O) groups excluding carboxylic acids is 1. The number of sulfonamides is 1.